The Bertz CT molecular complexity index is 582. The van der Waals surface area contributed by atoms with Crippen molar-refractivity contribution in [1.82, 2.24) is 0 Å². The van der Waals surface area contributed by atoms with Crippen LogP contribution in [-0.2, 0) is 0 Å². The number of aldehydes is 1. The van der Waals surface area contributed by atoms with Gasteiger partial charge in [0.2, 0.25) is 0 Å². The molecule has 2 aromatic carbocycles. The van der Waals surface area contributed by atoms with Gasteiger partial charge in [0, 0.05) is 16.7 Å². The summed E-state index contributed by atoms with van der Waals surface area (Å²) in [7, 11) is 0. The summed E-state index contributed by atoms with van der Waals surface area (Å²) in [5.74, 6) is 1.20. The lowest BCUT2D eigenvalue weighted by Crippen LogP contribution is -2.09. The average molecular weight is 311 g/mol. The van der Waals surface area contributed by atoms with Gasteiger partial charge in [-0.3, -0.25) is 4.79 Å². The standard InChI is InChI=1S/C15H12Cl2O3/c16-12-3-6-14(17)15(9-12)20-8-7-19-13-4-1-11(10-18)2-5-13/h1-6,9-10H,7-8H2. The molecule has 2 aromatic rings. The molecule has 0 amide bonds. The zero-order valence-electron chi connectivity index (χ0n) is 10.5. The van der Waals surface area contributed by atoms with Crippen LogP contribution in [0.4, 0.5) is 0 Å². The fraction of sp³-hybridized carbons (Fsp3) is 0.133. The molecule has 0 aliphatic rings. The molecule has 0 fully saturated rings. The normalized spacial score (nSPS) is 10.1. The number of ether oxygens (including phenoxy) is 2. The first-order chi connectivity index (χ1) is 9.69. The van der Waals surface area contributed by atoms with Gasteiger partial charge in [-0.1, -0.05) is 23.2 Å². The molecular weight excluding hydrogens is 299 g/mol. The monoisotopic (exact) mass is 310 g/mol. The minimum Gasteiger partial charge on any atom is -0.490 e. The topological polar surface area (TPSA) is 35.5 Å². The molecule has 0 bridgehead atoms. The second kappa shape index (κ2) is 7.17. The van der Waals surface area contributed by atoms with Crippen molar-refractivity contribution in [2.75, 3.05) is 13.2 Å². The fourth-order valence-electron chi connectivity index (χ4n) is 1.54. The van der Waals surface area contributed by atoms with E-state index in [-0.39, 0.29) is 0 Å². The molecule has 0 aliphatic heterocycles. The van der Waals surface area contributed by atoms with E-state index in [1.807, 2.05) is 0 Å². The van der Waals surface area contributed by atoms with E-state index in [0.717, 1.165) is 6.29 Å². The Hall–Kier alpha value is -1.71. The molecule has 0 saturated carbocycles. The SMILES string of the molecule is O=Cc1ccc(OCCOc2cc(Cl)ccc2Cl)cc1. The van der Waals surface area contributed by atoms with Crippen molar-refractivity contribution in [3.05, 3.63) is 58.1 Å². The highest BCUT2D eigenvalue weighted by atomic mass is 35.5. The van der Waals surface area contributed by atoms with E-state index in [9.17, 15) is 4.79 Å². The molecular formula is C15H12Cl2O3. The molecule has 0 heterocycles. The molecule has 0 N–H and O–H groups in total. The van der Waals surface area contributed by atoms with Crippen molar-refractivity contribution in [2.24, 2.45) is 0 Å². The predicted octanol–water partition coefficient (Wildman–Crippen LogP) is 4.26. The van der Waals surface area contributed by atoms with E-state index in [4.69, 9.17) is 32.7 Å². The summed E-state index contributed by atoms with van der Waals surface area (Å²) in [5.41, 5.74) is 0.610. The lowest BCUT2D eigenvalue weighted by atomic mass is 10.2. The smallest absolute Gasteiger partial charge is 0.150 e. The molecule has 0 saturated heterocycles. The number of carbonyl (C=O) groups is 1. The first-order valence-corrected chi connectivity index (χ1v) is 6.70. The van der Waals surface area contributed by atoms with Crippen molar-refractivity contribution in [2.45, 2.75) is 0 Å². The summed E-state index contributed by atoms with van der Waals surface area (Å²) in [5, 5.41) is 1.07. The zero-order chi connectivity index (χ0) is 14.4. The number of hydrogen-bond acceptors (Lipinski definition) is 3. The number of benzene rings is 2. The minimum absolute atomic E-state index is 0.343. The Balaban J connectivity index is 1.81. The van der Waals surface area contributed by atoms with Gasteiger partial charge in [0.1, 0.15) is 31.0 Å². The fourth-order valence-corrected chi connectivity index (χ4v) is 1.88. The average Bonchev–Trinajstić information content (AvgIpc) is 2.47. The first kappa shape index (κ1) is 14.7. The molecule has 0 aromatic heterocycles. The molecule has 2 rings (SSSR count). The minimum atomic E-state index is 0.343. The quantitative estimate of drug-likeness (QED) is 0.590. The van der Waals surface area contributed by atoms with Crippen LogP contribution in [0.1, 0.15) is 10.4 Å². The van der Waals surface area contributed by atoms with Crippen molar-refractivity contribution < 1.29 is 14.3 Å². The van der Waals surface area contributed by atoms with Crippen molar-refractivity contribution in [3.8, 4) is 11.5 Å². The summed E-state index contributed by atoms with van der Waals surface area (Å²) < 4.78 is 11.0. The van der Waals surface area contributed by atoms with Gasteiger partial charge in [0.05, 0.1) is 5.02 Å². The highest BCUT2D eigenvalue weighted by Crippen LogP contribution is 2.27. The van der Waals surface area contributed by atoms with E-state index < -0.39 is 0 Å². The number of hydrogen-bond donors (Lipinski definition) is 0. The van der Waals surface area contributed by atoms with Crippen molar-refractivity contribution in [3.63, 3.8) is 0 Å². The molecule has 0 spiro atoms. The molecule has 104 valence electrons. The largest absolute Gasteiger partial charge is 0.490 e. The van der Waals surface area contributed by atoms with Gasteiger partial charge in [0.15, 0.2) is 0 Å². The van der Waals surface area contributed by atoms with Crippen LogP contribution < -0.4 is 9.47 Å². The summed E-state index contributed by atoms with van der Waals surface area (Å²) in [4.78, 5) is 10.5. The van der Waals surface area contributed by atoms with Gasteiger partial charge >= 0.3 is 0 Å². The molecule has 3 nitrogen and oxygen atoms in total. The predicted molar refractivity (Wildman–Crippen MR) is 79.3 cm³/mol. The first-order valence-electron chi connectivity index (χ1n) is 5.95. The van der Waals surface area contributed by atoms with Crippen molar-refractivity contribution in [1.29, 1.82) is 0 Å². The molecule has 0 atom stereocenters. The van der Waals surface area contributed by atoms with Gasteiger partial charge in [-0.25, -0.2) is 0 Å². The van der Waals surface area contributed by atoms with Crippen LogP contribution in [0.3, 0.4) is 0 Å². The zero-order valence-corrected chi connectivity index (χ0v) is 12.0. The summed E-state index contributed by atoms with van der Waals surface area (Å²) >= 11 is 11.8. The van der Waals surface area contributed by atoms with Gasteiger partial charge in [-0.2, -0.15) is 0 Å². The summed E-state index contributed by atoms with van der Waals surface area (Å²) in [6.45, 7) is 0.707. The molecule has 0 radical (unpaired) electrons. The molecule has 0 unspecified atom stereocenters. The maximum Gasteiger partial charge on any atom is 0.150 e. The highest BCUT2D eigenvalue weighted by molar-refractivity contribution is 6.34. The molecule has 5 heteroatoms. The highest BCUT2D eigenvalue weighted by Gasteiger charge is 2.02. The summed E-state index contributed by atoms with van der Waals surface area (Å²) in [6.07, 6.45) is 0.786. The van der Waals surface area contributed by atoms with Crippen LogP contribution in [0.2, 0.25) is 10.0 Å². The van der Waals surface area contributed by atoms with Gasteiger partial charge < -0.3 is 9.47 Å². The van der Waals surface area contributed by atoms with Crippen LogP contribution in [0.15, 0.2) is 42.5 Å². The van der Waals surface area contributed by atoms with Crippen LogP contribution in [0.25, 0.3) is 0 Å². The van der Waals surface area contributed by atoms with Crippen LogP contribution >= 0.6 is 23.2 Å². The van der Waals surface area contributed by atoms with Gasteiger partial charge in [0.25, 0.3) is 0 Å². The Morgan fingerprint density at radius 2 is 1.65 bits per heavy atom. The maximum absolute atomic E-state index is 10.5. The Morgan fingerprint density at radius 1 is 0.950 bits per heavy atom. The Kier molecular flexibility index (Phi) is 5.27. The second-order valence-corrected chi connectivity index (χ2v) is 4.80. The van der Waals surface area contributed by atoms with Gasteiger partial charge in [-0.05, 0) is 36.4 Å². The molecule has 0 aliphatic carbocycles. The second-order valence-electron chi connectivity index (χ2n) is 3.96. The Labute approximate surface area is 127 Å². The number of rotatable bonds is 6. The lowest BCUT2D eigenvalue weighted by molar-refractivity contribution is 0.112. The van der Waals surface area contributed by atoms with Crippen LogP contribution in [-0.4, -0.2) is 19.5 Å². The summed E-state index contributed by atoms with van der Waals surface area (Å²) in [6, 6.07) is 11.9. The maximum atomic E-state index is 10.5. The third-order valence-electron chi connectivity index (χ3n) is 2.52. The van der Waals surface area contributed by atoms with E-state index in [0.29, 0.717) is 40.3 Å². The van der Waals surface area contributed by atoms with E-state index >= 15 is 0 Å². The lowest BCUT2D eigenvalue weighted by Gasteiger charge is -2.09. The van der Waals surface area contributed by atoms with Crippen molar-refractivity contribution >= 4 is 29.5 Å². The van der Waals surface area contributed by atoms with E-state index in [2.05, 4.69) is 0 Å². The number of carbonyl (C=O) groups excluding carboxylic acids is 1. The van der Waals surface area contributed by atoms with Crippen LogP contribution in [0, 0.1) is 0 Å². The number of halogens is 2. The third kappa shape index (κ3) is 4.15. The van der Waals surface area contributed by atoms with E-state index in [1.165, 1.54) is 0 Å². The Morgan fingerprint density at radius 3 is 2.35 bits per heavy atom. The van der Waals surface area contributed by atoms with Crippen LogP contribution in [0.5, 0.6) is 11.5 Å². The van der Waals surface area contributed by atoms with E-state index in [1.54, 1.807) is 42.5 Å². The third-order valence-corrected chi connectivity index (χ3v) is 3.07. The molecule has 20 heavy (non-hydrogen) atoms. The van der Waals surface area contributed by atoms with Gasteiger partial charge in [-0.15, -0.1) is 0 Å².